The van der Waals surface area contributed by atoms with Crippen molar-refractivity contribution in [2.24, 2.45) is 28.7 Å². The number of hydrogen-bond donors (Lipinski definition) is 8. The molecule has 0 unspecified atom stereocenters. The third kappa shape index (κ3) is 19.9. The quantitative estimate of drug-likeness (QED) is 0.0632. The fourth-order valence-corrected chi connectivity index (χ4v) is 3.38. The molecular formula is C20H53N11. The maximum atomic E-state index is 5.73. The summed E-state index contributed by atoms with van der Waals surface area (Å²) in [6.45, 7) is 17.6. The highest BCUT2D eigenvalue weighted by Gasteiger charge is 2.08. The summed E-state index contributed by atoms with van der Waals surface area (Å²) in [5, 5.41) is 10.4. The number of nitrogens with two attached hydrogens (primary N) is 5. The number of hydrogen-bond acceptors (Lipinski definition) is 11. The van der Waals surface area contributed by atoms with Gasteiger partial charge >= 0.3 is 0 Å². The maximum Gasteiger partial charge on any atom is 0.0110 e. The molecule has 0 saturated carbocycles. The zero-order chi connectivity index (χ0) is 23.0. The van der Waals surface area contributed by atoms with Crippen molar-refractivity contribution in [3.63, 3.8) is 0 Å². The van der Waals surface area contributed by atoms with E-state index in [9.17, 15) is 0 Å². The van der Waals surface area contributed by atoms with Crippen molar-refractivity contribution in [3.05, 3.63) is 0 Å². The second-order valence-corrected chi connectivity index (χ2v) is 7.72. The molecule has 31 heavy (non-hydrogen) atoms. The molecule has 0 bridgehead atoms. The fraction of sp³-hybridized carbons (Fsp3) is 1.00. The Labute approximate surface area is 190 Å². The normalized spacial score (nSPS) is 12.0. The summed E-state index contributed by atoms with van der Waals surface area (Å²) in [7, 11) is 0. The molecule has 0 heterocycles. The van der Waals surface area contributed by atoms with Gasteiger partial charge in [-0.25, -0.2) is 0 Å². The van der Waals surface area contributed by atoms with Crippen LogP contribution in [-0.2, 0) is 0 Å². The smallest absolute Gasteiger partial charge is 0.0110 e. The zero-order valence-corrected chi connectivity index (χ0v) is 19.9. The molecule has 0 rings (SSSR count). The molecule has 0 radical (unpaired) electrons. The van der Waals surface area contributed by atoms with Crippen LogP contribution in [0, 0.1) is 0 Å². The molecule has 0 atom stereocenters. The third-order valence-electron chi connectivity index (χ3n) is 5.13. The Morgan fingerprint density at radius 3 is 1.00 bits per heavy atom. The Balaban J connectivity index is 4.03. The van der Waals surface area contributed by atoms with Crippen molar-refractivity contribution >= 4 is 0 Å². The van der Waals surface area contributed by atoms with Gasteiger partial charge < -0.3 is 44.6 Å². The van der Waals surface area contributed by atoms with Crippen LogP contribution in [-0.4, -0.2) is 146 Å². The van der Waals surface area contributed by atoms with Gasteiger partial charge in [0.25, 0.3) is 0 Å². The van der Waals surface area contributed by atoms with E-state index >= 15 is 0 Å². The molecule has 0 saturated heterocycles. The molecule has 0 aliphatic heterocycles. The van der Waals surface area contributed by atoms with E-state index in [1.165, 1.54) is 0 Å². The predicted octanol–water partition coefficient (Wildman–Crippen LogP) is -4.55. The van der Waals surface area contributed by atoms with Crippen LogP contribution in [0.5, 0.6) is 0 Å². The molecule has 0 aliphatic carbocycles. The largest absolute Gasteiger partial charge is 0.329 e. The standard InChI is InChI=1S/C20H53N11/c21-1-6-26-9-17-31(20-19-30(14-4-24)15-5-25)18-11-28-8-7-27-10-16-29(12-2-22)13-3-23/h26-28H,1-25H2. The Kier molecular flexibility index (Phi) is 23.9. The molecule has 0 aromatic heterocycles. The van der Waals surface area contributed by atoms with E-state index in [2.05, 4.69) is 30.7 Å². The van der Waals surface area contributed by atoms with Gasteiger partial charge in [0.1, 0.15) is 0 Å². The minimum atomic E-state index is 0.669. The van der Waals surface area contributed by atoms with Crippen LogP contribution in [0.1, 0.15) is 0 Å². The Hall–Kier alpha value is -0.440. The van der Waals surface area contributed by atoms with Crippen LogP contribution >= 0.6 is 0 Å². The predicted molar refractivity (Wildman–Crippen MR) is 133 cm³/mol. The lowest BCUT2D eigenvalue weighted by atomic mass is 10.3. The van der Waals surface area contributed by atoms with Crippen LogP contribution in [0.2, 0.25) is 0 Å². The van der Waals surface area contributed by atoms with E-state index < -0.39 is 0 Å². The molecule has 0 aromatic rings. The van der Waals surface area contributed by atoms with Crippen molar-refractivity contribution < 1.29 is 0 Å². The Morgan fingerprint density at radius 2 is 0.645 bits per heavy atom. The number of nitrogens with one attached hydrogen (secondary N) is 3. The van der Waals surface area contributed by atoms with Gasteiger partial charge in [0, 0.05) is 131 Å². The van der Waals surface area contributed by atoms with E-state index in [1.807, 2.05) is 0 Å². The van der Waals surface area contributed by atoms with Crippen molar-refractivity contribution in [3.8, 4) is 0 Å². The fourth-order valence-electron chi connectivity index (χ4n) is 3.38. The molecule has 188 valence electrons. The van der Waals surface area contributed by atoms with Crippen LogP contribution in [0.3, 0.4) is 0 Å². The van der Waals surface area contributed by atoms with Crippen LogP contribution in [0.4, 0.5) is 0 Å². The van der Waals surface area contributed by atoms with Gasteiger partial charge in [0.05, 0.1) is 0 Å². The molecular weight excluding hydrogens is 394 g/mol. The molecule has 13 N–H and O–H groups in total. The van der Waals surface area contributed by atoms with Crippen molar-refractivity contribution in [1.82, 2.24) is 30.7 Å². The topological polar surface area (TPSA) is 176 Å². The average Bonchev–Trinajstić information content (AvgIpc) is 2.76. The van der Waals surface area contributed by atoms with Crippen molar-refractivity contribution in [2.45, 2.75) is 0 Å². The van der Waals surface area contributed by atoms with E-state index in [0.29, 0.717) is 32.7 Å². The summed E-state index contributed by atoms with van der Waals surface area (Å²) >= 11 is 0. The molecule has 0 amide bonds. The summed E-state index contributed by atoms with van der Waals surface area (Å²) in [6.07, 6.45) is 0. The van der Waals surface area contributed by atoms with E-state index in [4.69, 9.17) is 28.7 Å². The van der Waals surface area contributed by atoms with E-state index in [-0.39, 0.29) is 0 Å². The Morgan fingerprint density at radius 1 is 0.323 bits per heavy atom. The SMILES string of the molecule is NCCNCCN(CCNCCNCCN(CCN)CCN)CCN(CCN)CCN. The first-order chi connectivity index (χ1) is 15.2. The van der Waals surface area contributed by atoms with Gasteiger partial charge in [-0.15, -0.1) is 0 Å². The highest BCUT2D eigenvalue weighted by atomic mass is 15.2. The maximum absolute atomic E-state index is 5.73. The molecule has 0 aromatic carbocycles. The third-order valence-corrected chi connectivity index (χ3v) is 5.13. The minimum Gasteiger partial charge on any atom is -0.329 e. The van der Waals surface area contributed by atoms with Gasteiger partial charge in [-0.3, -0.25) is 14.7 Å². The lowest BCUT2D eigenvalue weighted by Crippen LogP contribution is -2.44. The second-order valence-electron chi connectivity index (χ2n) is 7.72. The first-order valence-corrected chi connectivity index (χ1v) is 12.0. The summed E-state index contributed by atoms with van der Waals surface area (Å²) in [6, 6.07) is 0. The van der Waals surface area contributed by atoms with Gasteiger partial charge in [0.2, 0.25) is 0 Å². The van der Waals surface area contributed by atoms with Gasteiger partial charge in [-0.1, -0.05) is 0 Å². The number of nitrogens with zero attached hydrogens (tertiary/aromatic N) is 3. The number of rotatable bonds is 25. The average molecular weight is 448 g/mol. The molecule has 0 spiro atoms. The van der Waals surface area contributed by atoms with E-state index in [0.717, 1.165) is 98.2 Å². The molecule has 0 fully saturated rings. The van der Waals surface area contributed by atoms with Gasteiger partial charge in [-0.2, -0.15) is 0 Å². The van der Waals surface area contributed by atoms with Crippen molar-refractivity contribution in [2.75, 3.05) is 131 Å². The minimum absolute atomic E-state index is 0.669. The summed E-state index contributed by atoms with van der Waals surface area (Å²) in [5.74, 6) is 0. The van der Waals surface area contributed by atoms with Crippen LogP contribution in [0.25, 0.3) is 0 Å². The Bertz CT molecular complexity index is 337. The summed E-state index contributed by atoms with van der Waals surface area (Å²) in [4.78, 5) is 7.13. The lowest BCUT2D eigenvalue weighted by molar-refractivity contribution is 0.209. The van der Waals surface area contributed by atoms with Crippen molar-refractivity contribution in [1.29, 1.82) is 0 Å². The summed E-state index contributed by atoms with van der Waals surface area (Å²) < 4.78 is 0. The lowest BCUT2D eigenvalue weighted by Gasteiger charge is -2.27. The highest BCUT2D eigenvalue weighted by molar-refractivity contribution is 4.68. The molecule has 0 aliphatic rings. The van der Waals surface area contributed by atoms with Crippen LogP contribution < -0.4 is 44.6 Å². The van der Waals surface area contributed by atoms with Gasteiger partial charge in [-0.05, 0) is 0 Å². The molecule has 11 nitrogen and oxygen atoms in total. The van der Waals surface area contributed by atoms with E-state index in [1.54, 1.807) is 0 Å². The summed E-state index contributed by atoms with van der Waals surface area (Å²) in [5.41, 5.74) is 28.3. The monoisotopic (exact) mass is 447 g/mol. The molecule has 11 heteroatoms. The van der Waals surface area contributed by atoms with Gasteiger partial charge in [0.15, 0.2) is 0 Å². The second kappa shape index (κ2) is 24.2. The first-order valence-electron chi connectivity index (χ1n) is 12.0. The first kappa shape index (κ1) is 30.6. The zero-order valence-electron chi connectivity index (χ0n) is 19.9. The highest BCUT2D eigenvalue weighted by Crippen LogP contribution is 1.92. The van der Waals surface area contributed by atoms with Crippen LogP contribution in [0.15, 0.2) is 0 Å².